The Bertz CT molecular complexity index is 771. The van der Waals surface area contributed by atoms with E-state index in [0.29, 0.717) is 11.3 Å². The van der Waals surface area contributed by atoms with Gasteiger partial charge in [0.2, 0.25) is 0 Å². The normalized spacial score (nSPS) is 13.8. The number of aryl methyl sites for hydroxylation is 2. The summed E-state index contributed by atoms with van der Waals surface area (Å²) in [6.07, 6.45) is 1.61. The van der Waals surface area contributed by atoms with E-state index in [9.17, 15) is 14.0 Å². The molecule has 1 aliphatic rings. The molecule has 106 valence electrons. The third kappa shape index (κ3) is 2.11. The molecule has 0 spiro atoms. The van der Waals surface area contributed by atoms with E-state index in [1.54, 1.807) is 25.3 Å². The van der Waals surface area contributed by atoms with Crippen molar-refractivity contribution >= 4 is 17.4 Å². The van der Waals surface area contributed by atoms with Crippen molar-refractivity contribution in [3.63, 3.8) is 0 Å². The van der Waals surface area contributed by atoms with Crippen LogP contribution in [0.3, 0.4) is 0 Å². The fourth-order valence-electron chi connectivity index (χ4n) is 2.51. The van der Waals surface area contributed by atoms with Crippen LogP contribution in [-0.2, 0) is 11.3 Å². The van der Waals surface area contributed by atoms with E-state index in [1.807, 2.05) is 13.0 Å². The maximum absolute atomic E-state index is 14.2. The number of nitrogens with zero attached hydrogens (tertiary/aromatic N) is 2. The highest BCUT2D eigenvalue weighted by molar-refractivity contribution is 6.52. The summed E-state index contributed by atoms with van der Waals surface area (Å²) in [7, 11) is 0. The van der Waals surface area contributed by atoms with E-state index in [1.165, 1.54) is 11.0 Å². The lowest BCUT2D eigenvalue weighted by Crippen LogP contribution is -2.30. The van der Waals surface area contributed by atoms with Crippen LogP contribution in [0.2, 0.25) is 0 Å². The average molecular weight is 284 g/mol. The second-order valence-corrected chi connectivity index (χ2v) is 5.13. The van der Waals surface area contributed by atoms with E-state index < -0.39 is 17.5 Å². The number of amides is 1. The summed E-state index contributed by atoms with van der Waals surface area (Å²) in [5.74, 6) is -1.93. The summed E-state index contributed by atoms with van der Waals surface area (Å²) in [4.78, 5) is 29.5. The summed E-state index contributed by atoms with van der Waals surface area (Å²) in [6, 6.07) is 6.51. The second kappa shape index (κ2) is 4.77. The first-order valence-corrected chi connectivity index (χ1v) is 6.56. The minimum absolute atomic E-state index is 0.0562. The van der Waals surface area contributed by atoms with Crippen LogP contribution in [0.15, 0.2) is 30.5 Å². The molecule has 2 aromatic rings. The van der Waals surface area contributed by atoms with E-state index in [4.69, 9.17) is 0 Å². The van der Waals surface area contributed by atoms with Gasteiger partial charge in [-0.05, 0) is 43.2 Å². The molecule has 0 N–H and O–H groups in total. The average Bonchev–Trinajstić information content (AvgIpc) is 2.67. The predicted molar refractivity (Wildman–Crippen MR) is 75.6 cm³/mol. The Morgan fingerprint density at radius 3 is 2.71 bits per heavy atom. The van der Waals surface area contributed by atoms with Gasteiger partial charge >= 0.3 is 0 Å². The molecular formula is C16H13FN2O2. The smallest absolute Gasteiger partial charge is 0.296 e. The fraction of sp³-hybridized carbons (Fsp3) is 0.188. The molecule has 1 amide bonds. The van der Waals surface area contributed by atoms with Crippen LogP contribution >= 0.6 is 0 Å². The monoisotopic (exact) mass is 284 g/mol. The molecule has 0 saturated heterocycles. The summed E-state index contributed by atoms with van der Waals surface area (Å²) >= 11 is 0. The Kier molecular flexibility index (Phi) is 3.05. The van der Waals surface area contributed by atoms with Crippen LogP contribution < -0.4 is 4.90 Å². The summed E-state index contributed by atoms with van der Waals surface area (Å²) in [6.45, 7) is 3.63. The summed E-state index contributed by atoms with van der Waals surface area (Å²) in [5.41, 5.74) is 2.33. The number of hydrogen-bond acceptors (Lipinski definition) is 3. The van der Waals surface area contributed by atoms with Crippen molar-refractivity contribution < 1.29 is 14.0 Å². The fourth-order valence-corrected chi connectivity index (χ4v) is 2.51. The highest BCUT2D eigenvalue weighted by Gasteiger charge is 2.38. The molecule has 0 bridgehead atoms. The molecule has 0 unspecified atom stereocenters. The van der Waals surface area contributed by atoms with Gasteiger partial charge in [-0.3, -0.25) is 19.5 Å². The van der Waals surface area contributed by atoms with Crippen LogP contribution in [0.1, 0.15) is 27.2 Å². The molecule has 21 heavy (non-hydrogen) atoms. The number of hydrogen-bond donors (Lipinski definition) is 0. The van der Waals surface area contributed by atoms with Crippen molar-refractivity contribution in [2.24, 2.45) is 0 Å². The van der Waals surface area contributed by atoms with Crippen molar-refractivity contribution in [1.29, 1.82) is 0 Å². The van der Waals surface area contributed by atoms with E-state index in [2.05, 4.69) is 4.98 Å². The molecule has 1 aromatic carbocycles. The van der Waals surface area contributed by atoms with Gasteiger partial charge in [-0.25, -0.2) is 4.39 Å². The quantitative estimate of drug-likeness (QED) is 0.796. The van der Waals surface area contributed by atoms with Crippen LogP contribution in [-0.4, -0.2) is 16.7 Å². The summed E-state index contributed by atoms with van der Waals surface area (Å²) < 4.78 is 14.2. The minimum atomic E-state index is -0.709. The van der Waals surface area contributed by atoms with Gasteiger partial charge in [0.05, 0.1) is 23.5 Å². The standard InChI is InChI=1S/C16H13FN2O2/c1-9-6-11-14(12(17)7-9)19(16(21)15(11)20)8-13-10(2)4-3-5-18-13/h3-7H,8H2,1-2H3. The van der Waals surface area contributed by atoms with Gasteiger partial charge in [0.15, 0.2) is 0 Å². The van der Waals surface area contributed by atoms with Gasteiger partial charge in [-0.15, -0.1) is 0 Å². The lowest BCUT2D eigenvalue weighted by atomic mass is 10.1. The van der Waals surface area contributed by atoms with Gasteiger partial charge in [0.1, 0.15) is 5.82 Å². The third-order valence-corrected chi connectivity index (χ3v) is 3.59. The van der Waals surface area contributed by atoms with Crippen molar-refractivity contribution in [2.75, 3.05) is 4.90 Å². The minimum Gasteiger partial charge on any atom is -0.296 e. The first kappa shape index (κ1) is 13.4. The second-order valence-electron chi connectivity index (χ2n) is 5.13. The van der Waals surface area contributed by atoms with Crippen molar-refractivity contribution in [3.05, 3.63) is 58.7 Å². The highest BCUT2D eigenvalue weighted by Crippen LogP contribution is 2.34. The third-order valence-electron chi connectivity index (χ3n) is 3.59. The Labute approximate surface area is 121 Å². The molecule has 0 atom stereocenters. The van der Waals surface area contributed by atoms with Crippen molar-refractivity contribution in [1.82, 2.24) is 4.98 Å². The van der Waals surface area contributed by atoms with E-state index in [-0.39, 0.29) is 17.8 Å². The molecule has 4 nitrogen and oxygen atoms in total. The lowest BCUT2D eigenvalue weighted by molar-refractivity contribution is -0.114. The maximum atomic E-state index is 14.2. The molecule has 0 fully saturated rings. The zero-order valence-electron chi connectivity index (χ0n) is 11.7. The van der Waals surface area contributed by atoms with Crippen molar-refractivity contribution in [2.45, 2.75) is 20.4 Å². The predicted octanol–water partition coefficient (Wildman–Crippen LogP) is 2.57. The number of rotatable bonds is 2. The molecule has 3 rings (SSSR count). The number of carbonyl (C=O) groups excluding carboxylic acids is 2. The molecule has 0 aliphatic carbocycles. The van der Waals surface area contributed by atoms with Gasteiger partial charge in [-0.2, -0.15) is 0 Å². The highest BCUT2D eigenvalue weighted by atomic mass is 19.1. The number of aromatic nitrogens is 1. The first-order valence-electron chi connectivity index (χ1n) is 6.56. The maximum Gasteiger partial charge on any atom is 0.299 e. The van der Waals surface area contributed by atoms with Crippen LogP contribution in [0, 0.1) is 19.7 Å². The van der Waals surface area contributed by atoms with Crippen LogP contribution in [0.4, 0.5) is 10.1 Å². The molecule has 0 radical (unpaired) electrons. The SMILES string of the molecule is Cc1cc(F)c2c(c1)C(=O)C(=O)N2Cc1ncccc1C. The Balaban J connectivity index is 2.08. The Hall–Kier alpha value is -2.56. The Morgan fingerprint density at radius 2 is 2.00 bits per heavy atom. The molecule has 1 aliphatic heterocycles. The molecular weight excluding hydrogens is 271 g/mol. The lowest BCUT2D eigenvalue weighted by Gasteiger charge is -2.17. The number of ketones is 1. The Morgan fingerprint density at radius 1 is 1.24 bits per heavy atom. The van der Waals surface area contributed by atoms with E-state index in [0.717, 1.165) is 5.56 Å². The topological polar surface area (TPSA) is 50.3 Å². The first-order chi connectivity index (χ1) is 9.99. The number of anilines is 1. The van der Waals surface area contributed by atoms with Crippen LogP contribution in [0.25, 0.3) is 0 Å². The number of fused-ring (bicyclic) bond motifs is 1. The molecule has 5 heteroatoms. The van der Waals surface area contributed by atoms with Crippen molar-refractivity contribution in [3.8, 4) is 0 Å². The van der Waals surface area contributed by atoms with Gasteiger partial charge in [0.25, 0.3) is 11.7 Å². The van der Waals surface area contributed by atoms with Crippen LogP contribution in [0.5, 0.6) is 0 Å². The van der Waals surface area contributed by atoms with Gasteiger partial charge in [0, 0.05) is 6.20 Å². The summed E-state index contributed by atoms with van der Waals surface area (Å²) in [5, 5.41) is 0. The number of pyridine rings is 1. The zero-order chi connectivity index (χ0) is 15.1. The van der Waals surface area contributed by atoms with Gasteiger partial charge in [-0.1, -0.05) is 6.07 Å². The molecule has 0 saturated carbocycles. The number of benzene rings is 1. The van der Waals surface area contributed by atoms with E-state index >= 15 is 0 Å². The zero-order valence-corrected chi connectivity index (χ0v) is 11.7. The van der Waals surface area contributed by atoms with Gasteiger partial charge < -0.3 is 0 Å². The number of carbonyl (C=O) groups is 2. The molecule has 1 aromatic heterocycles. The number of Topliss-reactive ketones (excluding diaryl/α,β-unsaturated/α-hetero) is 1. The molecule has 2 heterocycles. The largest absolute Gasteiger partial charge is 0.299 e. The number of halogens is 1.